The molecule has 0 aromatic rings. The fourth-order valence-corrected chi connectivity index (χ4v) is 3.03. The van der Waals surface area contributed by atoms with Gasteiger partial charge in [-0.1, -0.05) is 0 Å². The van der Waals surface area contributed by atoms with Gasteiger partial charge in [0, 0.05) is 13.1 Å². The number of rotatable bonds is 4. The lowest BCUT2D eigenvalue weighted by molar-refractivity contribution is -0.133. The number of nitrogens with zero attached hydrogens (tertiary/aromatic N) is 1. The van der Waals surface area contributed by atoms with E-state index in [0.29, 0.717) is 13.1 Å². The summed E-state index contributed by atoms with van der Waals surface area (Å²) in [5, 5.41) is 9.84. The van der Waals surface area contributed by atoms with Crippen LogP contribution in [0.4, 0.5) is 0 Å². The van der Waals surface area contributed by atoms with E-state index >= 15 is 0 Å². The Morgan fingerprint density at radius 2 is 2.27 bits per heavy atom. The van der Waals surface area contributed by atoms with Crippen molar-refractivity contribution in [2.24, 2.45) is 0 Å². The summed E-state index contributed by atoms with van der Waals surface area (Å²) in [5.41, 5.74) is -0.797. The van der Waals surface area contributed by atoms with Crippen LogP contribution < -0.4 is 0 Å². The van der Waals surface area contributed by atoms with E-state index in [9.17, 15) is 9.90 Å². The van der Waals surface area contributed by atoms with E-state index in [-0.39, 0.29) is 11.2 Å². The van der Waals surface area contributed by atoms with Crippen molar-refractivity contribution in [1.29, 1.82) is 0 Å². The third kappa shape index (κ3) is 4.03. The van der Waals surface area contributed by atoms with Gasteiger partial charge in [0.05, 0.1) is 10.9 Å². The summed E-state index contributed by atoms with van der Waals surface area (Å²) >= 11 is 1.75. The topological polar surface area (TPSA) is 40.5 Å². The molecule has 0 aromatic carbocycles. The molecule has 1 aliphatic rings. The fourth-order valence-electron chi connectivity index (χ4n) is 1.79. The molecule has 0 saturated carbocycles. The molecule has 1 atom stereocenters. The molecule has 4 heteroatoms. The van der Waals surface area contributed by atoms with Gasteiger partial charge in [0.15, 0.2) is 0 Å². The molecule has 0 radical (unpaired) electrons. The third-order valence-corrected chi connectivity index (χ3v) is 3.84. The Labute approximate surface area is 96.2 Å². The predicted octanol–water partition coefficient (Wildman–Crippen LogP) is 1.50. The van der Waals surface area contributed by atoms with Gasteiger partial charge in [-0.05, 0) is 39.4 Å². The van der Waals surface area contributed by atoms with Crippen LogP contribution in [-0.2, 0) is 4.79 Å². The first-order valence-corrected chi connectivity index (χ1v) is 6.61. The Morgan fingerprint density at radius 1 is 1.60 bits per heavy atom. The van der Waals surface area contributed by atoms with E-state index in [0.717, 1.165) is 18.6 Å². The summed E-state index contributed by atoms with van der Waals surface area (Å²) in [6, 6.07) is 0. The monoisotopic (exact) mass is 231 g/mol. The van der Waals surface area contributed by atoms with Gasteiger partial charge in [-0.15, -0.1) is 11.8 Å². The van der Waals surface area contributed by atoms with Crippen molar-refractivity contribution < 1.29 is 9.90 Å². The maximum atomic E-state index is 12.0. The minimum absolute atomic E-state index is 0.132. The summed E-state index contributed by atoms with van der Waals surface area (Å²) in [4.78, 5) is 13.8. The molecule has 1 N–H and O–H groups in total. The van der Waals surface area contributed by atoms with Crippen molar-refractivity contribution in [3.63, 3.8) is 0 Å². The summed E-state index contributed by atoms with van der Waals surface area (Å²) in [7, 11) is 0. The van der Waals surface area contributed by atoms with Crippen molar-refractivity contribution in [3.05, 3.63) is 0 Å². The number of aliphatic hydroxyl groups is 1. The minimum atomic E-state index is -0.797. The van der Waals surface area contributed by atoms with Crippen molar-refractivity contribution in [2.75, 3.05) is 18.8 Å². The van der Waals surface area contributed by atoms with Crippen LogP contribution in [0.3, 0.4) is 0 Å². The average molecular weight is 231 g/mol. The molecule has 1 heterocycles. The van der Waals surface area contributed by atoms with Crippen molar-refractivity contribution in [2.45, 2.75) is 44.5 Å². The maximum Gasteiger partial charge on any atom is 0.235 e. The van der Waals surface area contributed by atoms with E-state index in [1.54, 1.807) is 30.5 Å². The highest BCUT2D eigenvalue weighted by Gasteiger charge is 2.29. The van der Waals surface area contributed by atoms with E-state index in [1.165, 1.54) is 0 Å². The molecular formula is C11H21NO2S. The van der Waals surface area contributed by atoms with Crippen LogP contribution in [0.2, 0.25) is 0 Å². The van der Waals surface area contributed by atoms with E-state index in [4.69, 9.17) is 0 Å². The molecule has 1 fully saturated rings. The standard InChI is InChI=1S/C11H21NO2S/c1-4-12(8-11(2,3)14)10(13)9-6-5-7-15-9/h9,14H,4-8H2,1-3H3. The second-order valence-corrected chi connectivity index (χ2v) is 5.98. The van der Waals surface area contributed by atoms with Gasteiger partial charge in [0.25, 0.3) is 0 Å². The molecule has 15 heavy (non-hydrogen) atoms. The zero-order chi connectivity index (χ0) is 11.5. The Balaban J connectivity index is 2.53. The van der Waals surface area contributed by atoms with Crippen LogP contribution in [0.25, 0.3) is 0 Å². The molecule has 0 bridgehead atoms. The number of hydrogen-bond acceptors (Lipinski definition) is 3. The molecule has 1 rings (SSSR count). The van der Waals surface area contributed by atoms with Crippen molar-refractivity contribution in [3.8, 4) is 0 Å². The summed E-state index contributed by atoms with van der Waals surface area (Å²) in [6.07, 6.45) is 2.13. The highest BCUT2D eigenvalue weighted by molar-refractivity contribution is 8.00. The van der Waals surface area contributed by atoms with Gasteiger partial charge in [-0.3, -0.25) is 4.79 Å². The predicted molar refractivity (Wildman–Crippen MR) is 64.0 cm³/mol. The molecule has 88 valence electrons. The Hall–Kier alpha value is -0.220. The smallest absolute Gasteiger partial charge is 0.235 e. The van der Waals surface area contributed by atoms with Gasteiger partial charge in [-0.2, -0.15) is 0 Å². The van der Waals surface area contributed by atoms with Crippen molar-refractivity contribution in [1.82, 2.24) is 4.90 Å². The Bertz CT molecular complexity index is 219. The molecule has 1 saturated heterocycles. The molecule has 1 unspecified atom stereocenters. The molecule has 0 aromatic heterocycles. The van der Waals surface area contributed by atoms with Gasteiger partial charge < -0.3 is 10.0 Å². The number of carbonyl (C=O) groups is 1. The number of hydrogen-bond donors (Lipinski definition) is 1. The summed E-state index contributed by atoms with van der Waals surface area (Å²) < 4.78 is 0. The lowest BCUT2D eigenvalue weighted by Gasteiger charge is -2.29. The van der Waals surface area contributed by atoms with Gasteiger partial charge in [0.1, 0.15) is 0 Å². The second kappa shape index (κ2) is 5.21. The first kappa shape index (κ1) is 12.8. The molecular weight excluding hydrogens is 210 g/mol. The van der Waals surface area contributed by atoms with Gasteiger partial charge in [0.2, 0.25) is 5.91 Å². The van der Waals surface area contributed by atoms with E-state index in [2.05, 4.69) is 0 Å². The van der Waals surface area contributed by atoms with Crippen LogP contribution in [0, 0.1) is 0 Å². The van der Waals surface area contributed by atoms with Crippen molar-refractivity contribution >= 4 is 17.7 Å². The van der Waals surface area contributed by atoms with Crippen LogP contribution in [0.5, 0.6) is 0 Å². The third-order valence-electron chi connectivity index (χ3n) is 2.48. The van der Waals surface area contributed by atoms with Gasteiger partial charge >= 0.3 is 0 Å². The van der Waals surface area contributed by atoms with Crippen LogP contribution in [0.1, 0.15) is 33.6 Å². The van der Waals surface area contributed by atoms with E-state index < -0.39 is 5.60 Å². The van der Waals surface area contributed by atoms with Gasteiger partial charge in [-0.25, -0.2) is 0 Å². The fraction of sp³-hybridized carbons (Fsp3) is 0.909. The normalized spacial score (nSPS) is 21.7. The number of likely N-dealkylation sites (N-methyl/N-ethyl adjacent to an activating group) is 1. The minimum Gasteiger partial charge on any atom is -0.389 e. The highest BCUT2D eigenvalue weighted by Crippen LogP contribution is 2.28. The van der Waals surface area contributed by atoms with Crippen LogP contribution in [-0.4, -0.2) is 45.6 Å². The average Bonchev–Trinajstić information content (AvgIpc) is 2.64. The zero-order valence-electron chi connectivity index (χ0n) is 9.82. The lowest BCUT2D eigenvalue weighted by atomic mass is 10.1. The quantitative estimate of drug-likeness (QED) is 0.797. The summed E-state index contributed by atoms with van der Waals surface area (Å²) in [5.74, 6) is 1.29. The Morgan fingerprint density at radius 3 is 2.67 bits per heavy atom. The maximum absolute atomic E-state index is 12.0. The number of carbonyl (C=O) groups excluding carboxylic acids is 1. The largest absolute Gasteiger partial charge is 0.389 e. The zero-order valence-corrected chi connectivity index (χ0v) is 10.6. The first-order chi connectivity index (χ1) is 6.94. The second-order valence-electron chi connectivity index (χ2n) is 4.67. The lowest BCUT2D eigenvalue weighted by Crippen LogP contribution is -2.45. The van der Waals surface area contributed by atoms with Crippen LogP contribution in [0.15, 0.2) is 0 Å². The molecule has 3 nitrogen and oxygen atoms in total. The molecule has 1 amide bonds. The van der Waals surface area contributed by atoms with Crippen LogP contribution >= 0.6 is 11.8 Å². The highest BCUT2D eigenvalue weighted by atomic mass is 32.2. The van der Waals surface area contributed by atoms with E-state index in [1.807, 2.05) is 6.92 Å². The summed E-state index contributed by atoms with van der Waals surface area (Å²) in [6.45, 7) is 6.55. The molecule has 0 aliphatic carbocycles. The Kier molecular flexibility index (Phi) is 4.46. The molecule has 1 aliphatic heterocycles. The molecule has 0 spiro atoms. The first-order valence-electron chi connectivity index (χ1n) is 5.57. The SMILES string of the molecule is CCN(CC(C)(C)O)C(=O)C1CCCS1. The number of thioether (sulfide) groups is 1. The number of amides is 1.